The smallest absolute Gasteiger partial charge is 0.159 e. The van der Waals surface area contributed by atoms with E-state index in [0.29, 0.717) is 6.61 Å². The van der Waals surface area contributed by atoms with Crippen molar-refractivity contribution in [2.24, 2.45) is 0 Å². The van der Waals surface area contributed by atoms with Crippen molar-refractivity contribution < 1.29 is 9.47 Å². The lowest BCUT2D eigenvalue weighted by molar-refractivity contribution is -0.0760. The Morgan fingerprint density at radius 2 is 2.16 bits per heavy atom. The standard InChI is InChI=1S/C14H23N3O2/c1-14(5-3-4-7-19-14)13-16-10-12(11-17-13)9-15-6-8-18-2/h10-11,15H,3-9H2,1-2H3. The van der Waals surface area contributed by atoms with Gasteiger partial charge in [-0.1, -0.05) is 0 Å². The number of hydrogen-bond acceptors (Lipinski definition) is 5. The molecule has 106 valence electrons. The second-order valence-electron chi connectivity index (χ2n) is 5.12. The van der Waals surface area contributed by atoms with Gasteiger partial charge < -0.3 is 14.8 Å². The first-order valence-electron chi connectivity index (χ1n) is 6.89. The minimum absolute atomic E-state index is 0.305. The van der Waals surface area contributed by atoms with E-state index in [1.54, 1.807) is 7.11 Å². The van der Waals surface area contributed by atoms with Crippen LogP contribution < -0.4 is 5.32 Å². The van der Waals surface area contributed by atoms with E-state index >= 15 is 0 Å². The van der Waals surface area contributed by atoms with E-state index in [1.165, 1.54) is 6.42 Å². The molecule has 0 amide bonds. The first kappa shape index (κ1) is 14.4. The summed E-state index contributed by atoms with van der Waals surface area (Å²) in [6.07, 6.45) is 7.08. The summed E-state index contributed by atoms with van der Waals surface area (Å²) in [5.74, 6) is 0.799. The summed E-state index contributed by atoms with van der Waals surface area (Å²) in [5, 5.41) is 3.27. The number of hydrogen-bond donors (Lipinski definition) is 1. The summed E-state index contributed by atoms with van der Waals surface area (Å²) in [5.41, 5.74) is 0.777. The lowest BCUT2D eigenvalue weighted by Crippen LogP contribution is -2.32. The molecule has 1 unspecified atom stereocenters. The number of ether oxygens (including phenoxy) is 2. The van der Waals surface area contributed by atoms with Crippen LogP contribution in [0.2, 0.25) is 0 Å². The summed E-state index contributed by atoms with van der Waals surface area (Å²) >= 11 is 0. The van der Waals surface area contributed by atoms with Crippen LogP contribution in [0.5, 0.6) is 0 Å². The summed E-state index contributed by atoms with van der Waals surface area (Å²) in [6.45, 7) is 5.20. The fraction of sp³-hybridized carbons (Fsp3) is 0.714. The first-order valence-corrected chi connectivity index (χ1v) is 6.89. The van der Waals surface area contributed by atoms with Gasteiger partial charge in [0.05, 0.1) is 6.61 Å². The molecule has 1 saturated heterocycles. The maximum Gasteiger partial charge on any atom is 0.159 e. The molecular formula is C14H23N3O2. The summed E-state index contributed by atoms with van der Waals surface area (Å²) < 4.78 is 10.8. The van der Waals surface area contributed by atoms with Crippen LogP contribution in [-0.4, -0.2) is 36.8 Å². The van der Waals surface area contributed by atoms with Crippen molar-refractivity contribution in [3.63, 3.8) is 0 Å². The van der Waals surface area contributed by atoms with Crippen molar-refractivity contribution in [1.82, 2.24) is 15.3 Å². The van der Waals surface area contributed by atoms with Gasteiger partial charge in [-0.25, -0.2) is 9.97 Å². The SMILES string of the molecule is COCCNCc1cnc(C2(C)CCCCO2)nc1. The molecule has 1 aliphatic heterocycles. The molecule has 1 aromatic heterocycles. The van der Waals surface area contributed by atoms with Crippen molar-refractivity contribution in [2.45, 2.75) is 38.3 Å². The van der Waals surface area contributed by atoms with Gasteiger partial charge in [0.1, 0.15) is 5.60 Å². The highest BCUT2D eigenvalue weighted by Crippen LogP contribution is 2.32. The summed E-state index contributed by atoms with van der Waals surface area (Å²) in [7, 11) is 1.70. The Bertz CT molecular complexity index is 375. The number of methoxy groups -OCH3 is 1. The lowest BCUT2D eigenvalue weighted by Gasteiger charge is -2.32. The Hall–Kier alpha value is -1.04. The molecule has 0 bridgehead atoms. The fourth-order valence-corrected chi connectivity index (χ4v) is 2.24. The molecule has 1 fully saturated rings. The third-order valence-electron chi connectivity index (χ3n) is 3.46. The second kappa shape index (κ2) is 6.93. The Balaban J connectivity index is 1.90. The van der Waals surface area contributed by atoms with Crippen molar-refractivity contribution in [1.29, 1.82) is 0 Å². The monoisotopic (exact) mass is 265 g/mol. The first-order chi connectivity index (χ1) is 9.24. The van der Waals surface area contributed by atoms with E-state index in [0.717, 1.165) is 43.9 Å². The third kappa shape index (κ3) is 3.96. The molecule has 0 aliphatic carbocycles. The Labute approximate surface area is 114 Å². The topological polar surface area (TPSA) is 56.3 Å². The van der Waals surface area contributed by atoms with Gasteiger partial charge in [0.25, 0.3) is 0 Å². The molecule has 5 nitrogen and oxygen atoms in total. The van der Waals surface area contributed by atoms with E-state index < -0.39 is 0 Å². The second-order valence-corrected chi connectivity index (χ2v) is 5.12. The van der Waals surface area contributed by atoms with Gasteiger partial charge in [0, 0.05) is 44.8 Å². The van der Waals surface area contributed by atoms with Crippen LogP contribution in [0.3, 0.4) is 0 Å². The van der Waals surface area contributed by atoms with E-state index in [1.807, 2.05) is 12.4 Å². The highest BCUT2D eigenvalue weighted by molar-refractivity contribution is 5.09. The van der Waals surface area contributed by atoms with Crippen LogP contribution in [-0.2, 0) is 21.6 Å². The lowest BCUT2D eigenvalue weighted by atomic mass is 9.95. The quantitative estimate of drug-likeness (QED) is 0.792. The molecule has 1 atom stereocenters. The minimum atomic E-state index is -0.305. The molecule has 1 aliphatic rings. The fourth-order valence-electron chi connectivity index (χ4n) is 2.24. The largest absolute Gasteiger partial charge is 0.383 e. The number of rotatable bonds is 6. The van der Waals surface area contributed by atoms with Gasteiger partial charge in [0.15, 0.2) is 5.82 Å². The van der Waals surface area contributed by atoms with Crippen molar-refractivity contribution in [3.8, 4) is 0 Å². The van der Waals surface area contributed by atoms with Gasteiger partial charge in [-0.3, -0.25) is 0 Å². The molecule has 1 N–H and O–H groups in total. The zero-order valence-electron chi connectivity index (χ0n) is 11.8. The third-order valence-corrected chi connectivity index (χ3v) is 3.46. The van der Waals surface area contributed by atoms with Crippen LogP contribution in [0.1, 0.15) is 37.6 Å². The van der Waals surface area contributed by atoms with Crippen molar-refractivity contribution >= 4 is 0 Å². The molecule has 2 rings (SSSR count). The van der Waals surface area contributed by atoms with Crippen molar-refractivity contribution in [2.75, 3.05) is 26.9 Å². The molecule has 0 saturated carbocycles. The molecule has 1 aromatic rings. The van der Waals surface area contributed by atoms with Crippen LogP contribution in [0.15, 0.2) is 12.4 Å². The van der Waals surface area contributed by atoms with Crippen LogP contribution in [0.25, 0.3) is 0 Å². The summed E-state index contributed by atoms with van der Waals surface area (Å²) in [6, 6.07) is 0. The minimum Gasteiger partial charge on any atom is -0.383 e. The van der Waals surface area contributed by atoms with Gasteiger partial charge in [-0.2, -0.15) is 0 Å². The highest BCUT2D eigenvalue weighted by Gasteiger charge is 2.32. The zero-order chi connectivity index (χ0) is 13.6. The molecule has 0 spiro atoms. The highest BCUT2D eigenvalue weighted by atomic mass is 16.5. The average molecular weight is 265 g/mol. The van der Waals surface area contributed by atoms with E-state index in [-0.39, 0.29) is 5.60 Å². The van der Waals surface area contributed by atoms with Crippen molar-refractivity contribution in [3.05, 3.63) is 23.8 Å². The van der Waals surface area contributed by atoms with Gasteiger partial charge in [-0.15, -0.1) is 0 Å². The Morgan fingerprint density at radius 3 is 2.79 bits per heavy atom. The average Bonchev–Trinajstić information content (AvgIpc) is 2.45. The van der Waals surface area contributed by atoms with E-state index in [9.17, 15) is 0 Å². The zero-order valence-corrected chi connectivity index (χ0v) is 11.8. The molecule has 0 aromatic carbocycles. The van der Waals surface area contributed by atoms with Crippen LogP contribution in [0.4, 0.5) is 0 Å². The van der Waals surface area contributed by atoms with E-state index in [2.05, 4.69) is 22.2 Å². The maximum absolute atomic E-state index is 5.85. The maximum atomic E-state index is 5.85. The van der Waals surface area contributed by atoms with Crippen LogP contribution in [0, 0.1) is 0 Å². The number of nitrogens with one attached hydrogen (secondary N) is 1. The molecule has 0 radical (unpaired) electrons. The Kier molecular flexibility index (Phi) is 5.24. The number of aromatic nitrogens is 2. The molecule has 2 heterocycles. The van der Waals surface area contributed by atoms with Crippen LogP contribution >= 0.6 is 0 Å². The predicted octanol–water partition coefficient (Wildman–Crippen LogP) is 1.63. The number of nitrogens with zero attached hydrogens (tertiary/aromatic N) is 2. The van der Waals surface area contributed by atoms with Gasteiger partial charge >= 0.3 is 0 Å². The normalized spacial score (nSPS) is 23.5. The Morgan fingerprint density at radius 1 is 1.37 bits per heavy atom. The molecule has 19 heavy (non-hydrogen) atoms. The van der Waals surface area contributed by atoms with Gasteiger partial charge in [0.2, 0.25) is 0 Å². The van der Waals surface area contributed by atoms with E-state index in [4.69, 9.17) is 9.47 Å². The predicted molar refractivity (Wildman–Crippen MR) is 72.8 cm³/mol. The molecular weight excluding hydrogens is 242 g/mol. The summed E-state index contributed by atoms with van der Waals surface area (Å²) in [4.78, 5) is 8.93. The van der Waals surface area contributed by atoms with Gasteiger partial charge in [-0.05, 0) is 26.2 Å². The molecule has 5 heteroatoms.